The van der Waals surface area contributed by atoms with Crippen molar-refractivity contribution in [2.24, 2.45) is 0 Å². The predicted octanol–water partition coefficient (Wildman–Crippen LogP) is 4.36. The lowest BCUT2D eigenvalue weighted by Gasteiger charge is -2.25. The van der Waals surface area contributed by atoms with Crippen LogP contribution in [0.2, 0.25) is 0 Å². The van der Waals surface area contributed by atoms with Crippen molar-refractivity contribution in [1.82, 2.24) is 20.2 Å². The summed E-state index contributed by atoms with van der Waals surface area (Å²) in [6, 6.07) is 6.39. The van der Waals surface area contributed by atoms with E-state index in [-0.39, 0.29) is 17.8 Å². The highest BCUT2D eigenvalue weighted by Crippen LogP contribution is 2.40. The maximum absolute atomic E-state index is 13.6. The van der Waals surface area contributed by atoms with Gasteiger partial charge in [-0.3, -0.25) is 4.79 Å². The van der Waals surface area contributed by atoms with Gasteiger partial charge < -0.3 is 10.2 Å². The molecule has 1 fully saturated rings. The number of benzene rings is 1. The van der Waals surface area contributed by atoms with E-state index in [1.807, 2.05) is 38.9 Å². The van der Waals surface area contributed by atoms with Crippen LogP contribution in [0.1, 0.15) is 57.1 Å². The lowest BCUT2D eigenvalue weighted by molar-refractivity contribution is 0.0945. The molecule has 0 aliphatic heterocycles. The minimum absolute atomic E-state index is 0.118. The summed E-state index contributed by atoms with van der Waals surface area (Å²) in [5.41, 5.74) is 2.70. The van der Waals surface area contributed by atoms with Crippen LogP contribution in [0.5, 0.6) is 0 Å². The highest BCUT2D eigenvalue weighted by Gasteiger charge is 2.28. The highest BCUT2D eigenvalue weighted by atomic mass is 32.1. The minimum atomic E-state index is -0.276. The van der Waals surface area contributed by atoms with E-state index in [2.05, 4.69) is 10.3 Å². The smallest absolute Gasteiger partial charge is 0.261 e. The van der Waals surface area contributed by atoms with Crippen LogP contribution in [-0.4, -0.2) is 41.4 Å². The van der Waals surface area contributed by atoms with Gasteiger partial charge in [0.25, 0.3) is 5.91 Å². The number of hydrogen-bond donors (Lipinski definition) is 1. The zero-order valence-corrected chi connectivity index (χ0v) is 17.9. The molecular weight excluding hydrogens is 387 g/mol. The molecule has 0 radical (unpaired) electrons. The summed E-state index contributed by atoms with van der Waals surface area (Å²) < 4.78 is 13.6. The Balaban J connectivity index is 1.57. The van der Waals surface area contributed by atoms with E-state index in [1.165, 1.54) is 23.5 Å². The van der Waals surface area contributed by atoms with Crippen LogP contribution in [-0.2, 0) is 0 Å². The van der Waals surface area contributed by atoms with Crippen molar-refractivity contribution in [1.29, 1.82) is 0 Å². The lowest BCUT2D eigenvalue weighted by Crippen LogP contribution is -2.34. The number of likely N-dealkylation sites (N-methyl/N-ethyl adjacent to an activating group) is 1. The van der Waals surface area contributed by atoms with Gasteiger partial charge in [0.05, 0.1) is 16.6 Å². The molecule has 1 aliphatic rings. The topological polar surface area (TPSA) is 58.1 Å². The predicted molar refractivity (Wildman–Crippen MR) is 114 cm³/mol. The normalized spacial score (nSPS) is 15.1. The molecule has 152 valence electrons. The Bertz CT molecular complexity index is 1070. The molecule has 0 bridgehead atoms. The van der Waals surface area contributed by atoms with E-state index in [1.54, 1.807) is 6.07 Å². The van der Waals surface area contributed by atoms with Gasteiger partial charge in [-0.2, -0.15) is 0 Å². The van der Waals surface area contributed by atoms with Gasteiger partial charge in [0, 0.05) is 17.8 Å². The monoisotopic (exact) mass is 412 g/mol. The van der Waals surface area contributed by atoms with Crippen molar-refractivity contribution in [2.75, 3.05) is 20.6 Å². The molecule has 29 heavy (non-hydrogen) atoms. The second kappa shape index (κ2) is 7.80. The Morgan fingerprint density at radius 2 is 2.07 bits per heavy atom. The summed E-state index contributed by atoms with van der Waals surface area (Å²) in [5.74, 6) is 0.981. The number of halogens is 1. The van der Waals surface area contributed by atoms with Gasteiger partial charge in [-0.25, -0.2) is 14.4 Å². The molecule has 1 amide bonds. The Labute approximate surface area is 174 Å². The second-order valence-electron chi connectivity index (χ2n) is 7.92. The minimum Gasteiger partial charge on any atom is -0.349 e. The van der Waals surface area contributed by atoms with Crippen LogP contribution in [0.3, 0.4) is 0 Å². The molecule has 7 heteroatoms. The number of thiophene rings is 1. The van der Waals surface area contributed by atoms with Crippen LogP contribution in [0.15, 0.2) is 24.3 Å². The number of carbonyl (C=O) groups is 1. The van der Waals surface area contributed by atoms with Crippen molar-refractivity contribution in [3.05, 3.63) is 57.6 Å². The third-order valence-corrected chi connectivity index (χ3v) is 6.63. The Kier molecular flexibility index (Phi) is 5.36. The molecular formula is C22H25FN4OS. The fourth-order valence-corrected chi connectivity index (χ4v) is 4.84. The molecule has 1 atom stereocenters. The van der Waals surface area contributed by atoms with Gasteiger partial charge >= 0.3 is 0 Å². The van der Waals surface area contributed by atoms with Gasteiger partial charge in [-0.1, -0.05) is 12.1 Å². The maximum Gasteiger partial charge on any atom is 0.261 e. The third kappa shape index (κ3) is 4.02. The molecule has 1 aliphatic carbocycles. The van der Waals surface area contributed by atoms with Gasteiger partial charge in [-0.05, 0) is 64.0 Å². The number of hydrogen-bond acceptors (Lipinski definition) is 5. The van der Waals surface area contributed by atoms with Crippen LogP contribution in [0.25, 0.3) is 10.2 Å². The van der Waals surface area contributed by atoms with Crippen LogP contribution in [0, 0.1) is 19.7 Å². The zero-order chi connectivity index (χ0) is 20.7. The first-order valence-electron chi connectivity index (χ1n) is 9.83. The molecule has 0 unspecified atom stereocenters. The second-order valence-corrected chi connectivity index (χ2v) is 8.92. The van der Waals surface area contributed by atoms with Crippen molar-refractivity contribution in [3.8, 4) is 0 Å². The fraction of sp³-hybridized carbons (Fsp3) is 0.409. The number of carbonyl (C=O) groups excluding carboxylic acids is 1. The van der Waals surface area contributed by atoms with Gasteiger partial charge in [-0.15, -0.1) is 11.3 Å². The van der Waals surface area contributed by atoms with Crippen molar-refractivity contribution >= 4 is 27.5 Å². The van der Waals surface area contributed by atoms with Crippen molar-refractivity contribution in [3.63, 3.8) is 0 Å². The maximum atomic E-state index is 13.6. The Morgan fingerprint density at radius 1 is 1.31 bits per heavy atom. The van der Waals surface area contributed by atoms with E-state index in [0.717, 1.165) is 45.7 Å². The number of fused-ring (bicyclic) bond motifs is 1. The number of amides is 1. The summed E-state index contributed by atoms with van der Waals surface area (Å²) in [4.78, 5) is 25.9. The molecule has 1 aromatic carbocycles. The fourth-order valence-electron chi connectivity index (χ4n) is 3.68. The van der Waals surface area contributed by atoms with E-state index in [0.29, 0.717) is 17.3 Å². The number of aryl methyl sites for hydroxylation is 2. The molecule has 1 N–H and O–H groups in total. The average Bonchev–Trinajstić information content (AvgIpc) is 3.45. The first-order chi connectivity index (χ1) is 13.8. The lowest BCUT2D eigenvalue weighted by atomic mass is 10.1. The SMILES string of the molecule is Cc1nc(C2CC2)nc2sc(C(=O)NC[C@H](c3cccc(F)c3)N(C)C)c(C)c12. The van der Waals surface area contributed by atoms with E-state index in [9.17, 15) is 9.18 Å². The molecule has 5 nitrogen and oxygen atoms in total. The molecule has 1 saturated carbocycles. The summed E-state index contributed by atoms with van der Waals surface area (Å²) in [7, 11) is 3.84. The Morgan fingerprint density at radius 3 is 2.72 bits per heavy atom. The zero-order valence-electron chi connectivity index (χ0n) is 17.1. The molecule has 2 aromatic heterocycles. The quantitative estimate of drug-likeness (QED) is 0.654. The number of aromatic nitrogens is 2. The first kappa shape index (κ1) is 19.9. The van der Waals surface area contributed by atoms with Crippen LogP contribution < -0.4 is 5.32 Å². The van der Waals surface area contributed by atoms with E-state index < -0.39 is 0 Å². The third-order valence-electron chi connectivity index (χ3n) is 5.45. The Hall–Kier alpha value is -2.38. The van der Waals surface area contributed by atoms with Crippen molar-refractivity contribution < 1.29 is 9.18 Å². The summed E-state index contributed by atoms with van der Waals surface area (Å²) in [5, 5.41) is 4.01. The largest absolute Gasteiger partial charge is 0.349 e. The molecule has 0 spiro atoms. The van der Waals surface area contributed by atoms with Gasteiger partial charge in [0.2, 0.25) is 0 Å². The standard InChI is InChI=1S/C22H25FN4OS/c1-12-18-13(2)25-20(14-8-9-14)26-22(18)29-19(12)21(28)24-11-17(27(3)4)15-6-5-7-16(23)10-15/h5-7,10,14,17H,8-9,11H2,1-4H3,(H,24,28)/t17-/m1/s1. The number of nitrogens with one attached hydrogen (secondary N) is 1. The molecule has 2 heterocycles. The summed E-state index contributed by atoms with van der Waals surface area (Å²) in [6.07, 6.45) is 2.29. The molecule has 0 saturated heterocycles. The number of rotatable bonds is 6. The van der Waals surface area contributed by atoms with Crippen LogP contribution >= 0.6 is 11.3 Å². The van der Waals surface area contributed by atoms with E-state index in [4.69, 9.17) is 4.98 Å². The average molecular weight is 413 g/mol. The highest BCUT2D eigenvalue weighted by molar-refractivity contribution is 7.20. The summed E-state index contributed by atoms with van der Waals surface area (Å²) >= 11 is 1.43. The van der Waals surface area contributed by atoms with Gasteiger partial charge in [0.15, 0.2) is 0 Å². The molecule has 3 aromatic rings. The van der Waals surface area contributed by atoms with Crippen LogP contribution in [0.4, 0.5) is 4.39 Å². The summed E-state index contributed by atoms with van der Waals surface area (Å²) in [6.45, 7) is 4.33. The van der Waals surface area contributed by atoms with E-state index >= 15 is 0 Å². The van der Waals surface area contributed by atoms with Crippen molar-refractivity contribution in [2.45, 2.75) is 38.6 Å². The van der Waals surface area contributed by atoms with Gasteiger partial charge in [0.1, 0.15) is 16.5 Å². The molecule has 4 rings (SSSR count). The number of nitrogens with zero attached hydrogens (tertiary/aromatic N) is 3. The first-order valence-corrected chi connectivity index (χ1v) is 10.6.